The van der Waals surface area contributed by atoms with E-state index in [4.69, 9.17) is 4.42 Å². The van der Waals surface area contributed by atoms with Crippen molar-refractivity contribution in [1.82, 2.24) is 15.6 Å². The molecule has 0 fully saturated rings. The normalized spacial score (nSPS) is 10.2. The Morgan fingerprint density at radius 1 is 1.05 bits per heavy atom. The molecular formula is C16H19N3O3. The zero-order chi connectivity index (χ0) is 15.6. The van der Waals surface area contributed by atoms with Gasteiger partial charge in [-0.15, -0.1) is 0 Å². The third-order valence-corrected chi connectivity index (χ3v) is 3.09. The van der Waals surface area contributed by atoms with Crippen LogP contribution in [0.1, 0.15) is 24.2 Å². The fourth-order valence-corrected chi connectivity index (χ4v) is 1.89. The van der Waals surface area contributed by atoms with Gasteiger partial charge in [0, 0.05) is 44.7 Å². The molecular weight excluding hydrogens is 282 g/mol. The second-order valence-corrected chi connectivity index (χ2v) is 4.81. The van der Waals surface area contributed by atoms with Crippen LogP contribution in [0.25, 0.3) is 0 Å². The van der Waals surface area contributed by atoms with E-state index in [1.54, 1.807) is 24.7 Å². The van der Waals surface area contributed by atoms with Gasteiger partial charge in [-0.05, 0) is 29.8 Å². The van der Waals surface area contributed by atoms with Gasteiger partial charge < -0.3 is 15.1 Å². The van der Waals surface area contributed by atoms with Crippen molar-refractivity contribution in [2.45, 2.75) is 25.8 Å². The molecule has 6 heteroatoms. The number of furan rings is 1. The molecule has 0 aromatic carbocycles. The standard InChI is InChI=1S/C16H19N3O3/c20-15(4-3-14-2-1-11-22-14)18-10-7-16(21)19-12-13-5-8-17-9-6-13/h1-2,5-6,8-9,11H,3-4,7,10,12H2,(H,18,20)(H,19,21). The first kappa shape index (κ1) is 15.8. The van der Waals surface area contributed by atoms with Crippen molar-refractivity contribution in [2.24, 2.45) is 0 Å². The maximum Gasteiger partial charge on any atom is 0.222 e. The average Bonchev–Trinajstić information content (AvgIpc) is 3.05. The maximum absolute atomic E-state index is 11.6. The van der Waals surface area contributed by atoms with Crippen LogP contribution in [-0.4, -0.2) is 23.3 Å². The molecule has 0 saturated carbocycles. The Morgan fingerprint density at radius 3 is 2.55 bits per heavy atom. The van der Waals surface area contributed by atoms with Crippen LogP contribution in [0.2, 0.25) is 0 Å². The minimum atomic E-state index is -0.0943. The number of hydrogen-bond donors (Lipinski definition) is 2. The van der Waals surface area contributed by atoms with E-state index in [2.05, 4.69) is 15.6 Å². The van der Waals surface area contributed by atoms with Crippen LogP contribution in [-0.2, 0) is 22.6 Å². The number of carbonyl (C=O) groups excluding carboxylic acids is 2. The number of aromatic nitrogens is 1. The molecule has 2 rings (SSSR count). The fourth-order valence-electron chi connectivity index (χ4n) is 1.89. The highest BCUT2D eigenvalue weighted by Gasteiger charge is 2.05. The summed E-state index contributed by atoms with van der Waals surface area (Å²) in [6, 6.07) is 7.31. The zero-order valence-corrected chi connectivity index (χ0v) is 12.2. The first-order valence-corrected chi connectivity index (χ1v) is 7.19. The summed E-state index contributed by atoms with van der Waals surface area (Å²) >= 11 is 0. The first-order valence-electron chi connectivity index (χ1n) is 7.19. The van der Waals surface area contributed by atoms with Gasteiger partial charge in [-0.1, -0.05) is 0 Å². The summed E-state index contributed by atoms with van der Waals surface area (Å²) in [5.41, 5.74) is 0.992. The highest BCUT2D eigenvalue weighted by atomic mass is 16.3. The molecule has 0 spiro atoms. The molecule has 0 unspecified atom stereocenters. The lowest BCUT2D eigenvalue weighted by Crippen LogP contribution is -2.30. The molecule has 0 bridgehead atoms. The van der Waals surface area contributed by atoms with Gasteiger partial charge in [0.2, 0.25) is 11.8 Å². The van der Waals surface area contributed by atoms with Gasteiger partial charge in [-0.2, -0.15) is 0 Å². The smallest absolute Gasteiger partial charge is 0.222 e. The van der Waals surface area contributed by atoms with Crippen LogP contribution in [0.4, 0.5) is 0 Å². The Balaban J connectivity index is 1.55. The molecule has 0 aliphatic heterocycles. The molecule has 0 radical (unpaired) electrons. The fraction of sp³-hybridized carbons (Fsp3) is 0.312. The quantitative estimate of drug-likeness (QED) is 0.772. The lowest BCUT2D eigenvalue weighted by atomic mass is 10.2. The molecule has 2 heterocycles. The Labute approximate surface area is 128 Å². The van der Waals surface area contributed by atoms with E-state index in [0.717, 1.165) is 11.3 Å². The highest BCUT2D eigenvalue weighted by Crippen LogP contribution is 2.03. The number of nitrogens with one attached hydrogen (secondary N) is 2. The SMILES string of the molecule is O=C(CCc1ccco1)NCCC(=O)NCc1ccncc1. The van der Waals surface area contributed by atoms with Crippen LogP contribution in [0.3, 0.4) is 0 Å². The molecule has 0 saturated heterocycles. The maximum atomic E-state index is 11.6. The molecule has 116 valence electrons. The molecule has 0 aliphatic rings. The molecule has 2 aromatic rings. The summed E-state index contributed by atoms with van der Waals surface area (Å²) in [7, 11) is 0. The van der Waals surface area contributed by atoms with Crippen LogP contribution in [0, 0.1) is 0 Å². The van der Waals surface area contributed by atoms with Gasteiger partial charge in [0.25, 0.3) is 0 Å². The summed E-state index contributed by atoms with van der Waals surface area (Å²) in [6.45, 7) is 0.799. The van der Waals surface area contributed by atoms with Crippen molar-refractivity contribution in [3.05, 3.63) is 54.2 Å². The lowest BCUT2D eigenvalue weighted by Gasteiger charge is -2.06. The van der Waals surface area contributed by atoms with E-state index in [9.17, 15) is 9.59 Å². The van der Waals surface area contributed by atoms with Crippen molar-refractivity contribution in [3.8, 4) is 0 Å². The van der Waals surface area contributed by atoms with Crippen molar-refractivity contribution in [1.29, 1.82) is 0 Å². The molecule has 22 heavy (non-hydrogen) atoms. The van der Waals surface area contributed by atoms with E-state index >= 15 is 0 Å². The van der Waals surface area contributed by atoms with Crippen molar-refractivity contribution in [2.75, 3.05) is 6.54 Å². The van der Waals surface area contributed by atoms with Crippen molar-refractivity contribution >= 4 is 11.8 Å². The third-order valence-electron chi connectivity index (χ3n) is 3.09. The zero-order valence-electron chi connectivity index (χ0n) is 12.2. The molecule has 2 N–H and O–H groups in total. The first-order chi connectivity index (χ1) is 10.7. The number of nitrogens with zero attached hydrogens (tertiary/aromatic N) is 1. The Hall–Kier alpha value is -2.63. The number of aryl methyl sites for hydroxylation is 1. The minimum absolute atomic E-state index is 0.0849. The van der Waals surface area contributed by atoms with E-state index in [1.165, 1.54) is 0 Å². The molecule has 0 aliphatic carbocycles. The van der Waals surface area contributed by atoms with Gasteiger partial charge in [0.05, 0.1) is 6.26 Å². The Morgan fingerprint density at radius 2 is 1.82 bits per heavy atom. The minimum Gasteiger partial charge on any atom is -0.469 e. The van der Waals surface area contributed by atoms with E-state index < -0.39 is 0 Å². The van der Waals surface area contributed by atoms with Gasteiger partial charge in [-0.25, -0.2) is 0 Å². The van der Waals surface area contributed by atoms with Gasteiger partial charge in [0.15, 0.2) is 0 Å². The predicted octanol–water partition coefficient (Wildman–Crippen LogP) is 1.43. The number of carbonyl (C=O) groups is 2. The molecule has 6 nitrogen and oxygen atoms in total. The van der Waals surface area contributed by atoms with E-state index in [0.29, 0.717) is 25.9 Å². The van der Waals surface area contributed by atoms with Crippen molar-refractivity contribution in [3.63, 3.8) is 0 Å². The number of rotatable bonds is 8. The highest BCUT2D eigenvalue weighted by molar-refractivity contribution is 5.79. The summed E-state index contributed by atoms with van der Waals surface area (Å²) in [4.78, 5) is 27.2. The summed E-state index contributed by atoms with van der Waals surface area (Å²) < 4.78 is 5.15. The number of pyridine rings is 1. The summed E-state index contributed by atoms with van der Waals surface area (Å²) in [6.07, 6.45) is 6.12. The van der Waals surface area contributed by atoms with E-state index in [1.807, 2.05) is 18.2 Å². The second-order valence-electron chi connectivity index (χ2n) is 4.81. The van der Waals surface area contributed by atoms with Gasteiger partial charge in [0.1, 0.15) is 5.76 Å². The van der Waals surface area contributed by atoms with Crippen LogP contribution in [0.15, 0.2) is 47.3 Å². The summed E-state index contributed by atoms with van der Waals surface area (Å²) in [5.74, 6) is 0.603. The molecule has 2 aromatic heterocycles. The number of amides is 2. The lowest BCUT2D eigenvalue weighted by molar-refractivity contribution is -0.122. The van der Waals surface area contributed by atoms with E-state index in [-0.39, 0.29) is 18.2 Å². The van der Waals surface area contributed by atoms with Crippen LogP contribution in [0.5, 0.6) is 0 Å². The largest absolute Gasteiger partial charge is 0.469 e. The van der Waals surface area contributed by atoms with Gasteiger partial charge >= 0.3 is 0 Å². The van der Waals surface area contributed by atoms with Crippen molar-refractivity contribution < 1.29 is 14.0 Å². The third kappa shape index (κ3) is 5.78. The summed E-state index contributed by atoms with van der Waals surface area (Å²) in [5, 5.41) is 5.52. The van der Waals surface area contributed by atoms with Crippen LogP contribution < -0.4 is 10.6 Å². The van der Waals surface area contributed by atoms with Gasteiger partial charge in [-0.3, -0.25) is 14.6 Å². The second kappa shape index (κ2) is 8.61. The molecule has 0 atom stereocenters. The Kier molecular flexibility index (Phi) is 6.17. The topological polar surface area (TPSA) is 84.2 Å². The Bertz CT molecular complexity index is 582. The predicted molar refractivity (Wildman–Crippen MR) is 80.7 cm³/mol. The number of hydrogen-bond acceptors (Lipinski definition) is 4. The molecule has 2 amide bonds. The average molecular weight is 301 g/mol. The van der Waals surface area contributed by atoms with Crippen LogP contribution >= 0.6 is 0 Å². The monoisotopic (exact) mass is 301 g/mol.